The molecule has 0 N–H and O–H groups in total. The molecule has 0 aliphatic rings. The molecule has 3 nitrogen and oxygen atoms in total. The van der Waals surface area contributed by atoms with Crippen LogP contribution >= 0.6 is 0 Å². The number of hydrogen-bond acceptors (Lipinski definition) is 3. The summed E-state index contributed by atoms with van der Waals surface area (Å²) >= 11 is 0. The van der Waals surface area contributed by atoms with Crippen molar-refractivity contribution in [3.8, 4) is 0 Å². The van der Waals surface area contributed by atoms with Crippen LogP contribution in [0.3, 0.4) is 0 Å². The van der Waals surface area contributed by atoms with Crippen molar-refractivity contribution in [1.82, 2.24) is 14.9 Å². The van der Waals surface area contributed by atoms with Crippen LogP contribution in [0.15, 0.2) is 36.5 Å². The van der Waals surface area contributed by atoms with Gasteiger partial charge in [0, 0.05) is 36.6 Å². The highest BCUT2D eigenvalue weighted by Gasteiger charge is 2.13. The first-order valence-corrected chi connectivity index (χ1v) is 7.09. The Morgan fingerprint density at radius 2 is 1.95 bits per heavy atom. The highest BCUT2D eigenvalue weighted by molar-refractivity contribution is 5.18. The number of aryl methyl sites for hydroxylation is 2. The Bertz CT molecular complexity index is 566. The molecule has 106 valence electrons. The first-order chi connectivity index (χ1) is 9.56. The molecule has 0 unspecified atom stereocenters. The minimum atomic E-state index is 0.436. The largest absolute Gasteiger partial charge is 0.297 e. The molecule has 0 fully saturated rings. The number of nitrogens with zero attached hydrogens (tertiary/aromatic N) is 3. The van der Waals surface area contributed by atoms with Gasteiger partial charge in [-0.05, 0) is 51.6 Å². The van der Waals surface area contributed by atoms with Gasteiger partial charge in [0.15, 0.2) is 0 Å². The van der Waals surface area contributed by atoms with Crippen LogP contribution in [0, 0.1) is 13.8 Å². The van der Waals surface area contributed by atoms with Crippen LogP contribution in [0.1, 0.15) is 29.6 Å². The van der Waals surface area contributed by atoms with E-state index in [0.717, 1.165) is 24.4 Å². The maximum absolute atomic E-state index is 4.56. The predicted octanol–water partition coefficient (Wildman–Crippen LogP) is 3.16. The second-order valence-electron chi connectivity index (χ2n) is 5.51. The van der Waals surface area contributed by atoms with Gasteiger partial charge in [-0.1, -0.05) is 12.1 Å². The van der Waals surface area contributed by atoms with Gasteiger partial charge in [0.2, 0.25) is 0 Å². The summed E-state index contributed by atoms with van der Waals surface area (Å²) in [7, 11) is 2.15. The summed E-state index contributed by atoms with van der Waals surface area (Å²) in [6, 6.07) is 10.7. The number of hydrogen-bond donors (Lipinski definition) is 0. The third-order valence-electron chi connectivity index (χ3n) is 3.72. The summed E-state index contributed by atoms with van der Waals surface area (Å²) in [5.41, 5.74) is 4.65. The van der Waals surface area contributed by atoms with Crippen molar-refractivity contribution in [2.75, 3.05) is 7.05 Å². The first-order valence-electron chi connectivity index (χ1n) is 7.09. The lowest BCUT2D eigenvalue weighted by Gasteiger charge is -2.24. The smallest absolute Gasteiger partial charge is 0.0547 e. The first kappa shape index (κ1) is 14.7. The summed E-state index contributed by atoms with van der Waals surface area (Å²) in [5, 5.41) is 0. The lowest BCUT2D eigenvalue weighted by atomic mass is 10.1. The number of pyridine rings is 2. The SMILES string of the molecule is Cc1cccc(CN(C)[C@H](C)Cc2ncccc2C)n1. The highest BCUT2D eigenvalue weighted by atomic mass is 15.1. The lowest BCUT2D eigenvalue weighted by Crippen LogP contribution is -2.31. The molecule has 0 amide bonds. The van der Waals surface area contributed by atoms with Crippen molar-refractivity contribution in [2.45, 2.75) is 39.8 Å². The van der Waals surface area contributed by atoms with E-state index in [2.05, 4.69) is 54.0 Å². The second-order valence-corrected chi connectivity index (χ2v) is 5.51. The standard InChI is InChI=1S/C17H23N3/c1-13-7-6-10-18-17(13)11-15(3)20(4)12-16-9-5-8-14(2)19-16/h5-10,15H,11-12H2,1-4H3/t15-/m1/s1. The summed E-state index contributed by atoms with van der Waals surface area (Å²) in [6.45, 7) is 7.26. The Hall–Kier alpha value is -1.74. The summed E-state index contributed by atoms with van der Waals surface area (Å²) in [5.74, 6) is 0. The average Bonchev–Trinajstić information content (AvgIpc) is 2.41. The fraction of sp³-hybridized carbons (Fsp3) is 0.412. The van der Waals surface area contributed by atoms with Crippen molar-refractivity contribution in [3.63, 3.8) is 0 Å². The quantitative estimate of drug-likeness (QED) is 0.835. The number of aromatic nitrogens is 2. The lowest BCUT2D eigenvalue weighted by molar-refractivity contribution is 0.244. The van der Waals surface area contributed by atoms with Crippen molar-refractivity contribution in [3.05, 3.63) is 59.2 Å². The average molecular weight is 269 g/mol. The molecule has 2 aromatic rings. The van der Waals surface area contributed by atoms with Gasteiger partial charge >= 0.3 is 0 Å². The van der Waals surface area contributed by atoms with E-state index in [0.29, 0.717) is 6.04 Å². The minimum absolute atomic E-state index is 0.436. The van der Waals surface area contributed by atoms with Crippen molar-refractivity contribution < 1.29 is 0 Å². The molecule has 0 aliphatic heterocycles. The van der Waals surface area contributed by atoms with Crippen LogP contribution in [0.25, 0.3) is 0 Å². The molecule has 20 heavy (non-hydrogen) atoms. The molecular formula is C17H23N3. The molecule has 0 radical (unpaired) electrons. The predicted molar refractivity (Wildman–Crippen MR) is 82.6 cm³/mol. The molecule has 1 atom stereocenters. The van der Waals surface area contributed by atoms with E-state index in [9.17, 15) is 0 Å². The molecule has 0 spiro atoms. The van der Waals surface area contributed by atoms with Gasteiger partial charge in [0.1, 0.15) is 0 Å². The van der Waals surface area contributed by atoms with Crippen LogP contribution in [-0.4, -0.2) is 28.0 Å². The third-order valence-corrected chi connectivity index (χ3v) is 3.72. The van der Waals surface area contributed by atoms with E-state index in [4.69, 9.17) is 0 Å². The molecule has 0 saturated carbocycles. The molecule has 2 aromatic heterocycles. The summed E-state index contributed by atoms with van der Waals surface area (Å²) in [6.07, 6.45) is 2.84. The molecule has 0 saturated heterocycles. The van der Waals surface area contributed by atoms with E-state index in [-0.39, 0.29) is 0 Å². The molecule has 2 heterocycles. The number of likely N-dealkylation sites (N-methyl/N-ethyl adjacent to an activating group) is 1. The highest BCUT2D eigenvalue weighted by Crippen LogP contribution is 2.11. The zero-order valence-corrected chi connectivity index (χ0v) is 12.8. The molecular weight excluding hydrogens is 246 g/mol. The van der Waals surface area contributed by atoms with Crippen LogP contribution in [0.5, 0.6) is 0 Å². The van der Waals surface area contributed by atoms with Crippen LogP contribution < -0.4 is 0 Å². The fourth-order valence-corrected chi connectivity index (χ4v) is 2.27. The van der Waals surface area contributed by atoms with Gasteiger partial charge in [0.05, 0.1) is 5.69 Å². The van der Waals surface area contributed by atoms with E-state index < -0.39 is 0 Å². The van der Waals surface area contributed by atoms with Crippen LogP contribution in [0.4, 0.5) is 0 Å². The van der Waals surface area contributed by atoms with E-state index >= 15 is 0 Å². The van der Waals surface area contributed by atoms with Crippen molar-refractivity contribution in [1.29, 1.82) is 0 Å². The topological polar surface area (TPSA) is 29.0 Å². The molecule has 0 aromatic carbocycles. The van der Waals surface area contributed by atoms with Gasteiger partial charge < -0.3 is 0 Å². The van der Waals surface area contributed by atoms with Crippen LogP contribution in [0.2, 0.25) is 0 Å². The molecule has 3 heteroatoms. The van der Waals surface area contributed by atoms with Gasteiger partial charge in [0.25, 0.3) is 0 Å². The zero-order valence-electron chi connectivity index (χ0n) is 12.8. The zero-order chi connectivity index (χ0) is 14.5. The van der Waals surface area contributed by atoms with Crippen LogP contribution in [-0.2, 0) is 13.0 Å². The van der Waals surface area contributed by atoms with E-state index in [1.165, 1.54) is 11.3 Å². The molecule has 0 bridgehead atoms. The van der Waals surface area contributed by atoms with Crippen molar-refractivity contribution >= 4 is 0 Å². The Kier molecular flexibility index (Phi) is 4.85. The second kappa shape index (κ2) is 6.62. The van der Waals surface area contributed by atoms with Crippen molar-refractivity contribution in [2.24, 2.45) is 0 Å². The van der Waals surface area contributed by atoms with E-state index in [1.807, 2.05) is 25.3 Å². The fourth-order valence-electron chi connectivity index (χ4n) is 2.27. The van der Waals surface area contributed by atoms with Gasteiger partial charge in [-0.3, -0.25) is 14.9 Å². The van der Waals surface area contributed by atoms with Gasteiger partial charge in [-0.15, -0.1) is 0 Å². The normalized spacial score (nSPS) is 12.7. The number of rotatable bonds is 5. The van der Waals surface area contributed by atoms with E-state index in [1.54, 1.807) is 0 Å². The Balaban J connectivity index is 1.99. The summed E-state index contributed by atoms with van der Waals surface area (Å²) < 4.78 is 0. The third kappa shape index (κ3) is 3.87. The molecule has 2 rings (SSSR count). The monoisotopic (exact) mass is 269 g/mol. The summed E-state index contributed by atoms with van der Waals surface area (Å²) in [4.78, 5) is 11.4. The Morgan fingerprint density at radius 3 is 2.65 bits per heavy atom. The maximum atomic E-state index is 4.56. The Labute approximate surface area is 121 Å². The van der Waals surface area contributed by atoms with Gasteiger partial charge in [-0.25, -0.2) is 0 Å². The molecule has 0 aliphatic carbocycles. The minimum Gasteiger partial charge on any atom is -0.297 e. The van der Waals surface area contributed by atoms with Gasteiger partial charge in [-0.2, -0.15) is 0 Å². The maximum Gasteiger partial charge on any atom is 0.0547 e. The Morgan fingerprint density at radius 1 is 1.15 bits per heavy atom.